The Morgan fingerprint density at radius 1 is 1.07 bits per heavy atom. The van der Waals surface area contributed by atoms with Gasteiger partial charge in [-0.15, -0.1) is 0 Å². The van der Waals surface area contributed by atoms with E-state index >= 15 is 0 Å². The van der Waals surface area contributed by atoms with E-state index < -0.39 is 17.7 Å². The minimum Gasteiger partial charge on any atom is -0.482 e. The van der Waals surface area contributed by atoms with Crippen LogP contribution in [-0.4, -0.2) is 37.1 Å². The van der Waals surface area contributed by atoms with E-state index in [0.29, 0.717) is 28.6 Å². The number of carbonyl (C=O) groups excluding carboxylic acids is 3. The van der Waals surface area contributed by atoms with Crippen LogP contribution in [0, 0.1) is 0 Å². The molecule has 0 aromatic heterocycles. The fourth-order valence-electron chi connectivity index (χ4n) is 2.14. The van der Waals surface area contributed by atoms with Crippen LogP contribution in [-0.2, 0) is 14.4 Å². The Morgan fingerprint density at radius 2 is 1.83 bits per heavy atom. The predicted molar refractivity (Wildman–Crippen MR) is 116 cm³/mol. The highest BCUT2D eigenvalue weighted by molar-refractivity contribution is 6.35. The van der Waals surface area contributed by atoms with Crippen LogP contribution in [0.15, 0.2) is 47.6 Å². The van der Waals surface area contributed by atoms with Crippen molar-refractivity contribution in [2.24, 2.45) is 5.10 Å². The highest BCUT2D eigenvalue weighted by Gasteiger charge is 2.11. The van der Waals surface area contributed by atoms with Gasteiger partial charge in [0.05, 0.1) is 21.9 Å². The first-order valence-corrected chi connectivity index (χ1v) is 9.74. The van der Waals surface area contributed by atoms with Crippen LogP contribution in [0.4, 0.5) is 5.69 Å². The molecule has 0 spiro atoms. The van der Waals surface area contributed by atoms with E-state index in [1.807, 2.05) is 6.92 Å². The SMILES string of the molecule is CCCNC(=O)C(=O)N/N=C\c1ccc(OCC(=O)Nc2ccccc2Cl)c(Cl)c1. The maximum atomic E-state index is 12.0. The number of para-hydroxylation sites is 1. The van der Waals surface area contributed by atoms with Crippen LogP contribution < -0.4 is 20.8 Å². The van der Waals surface area contributed by atoms with Gasteiger partial charge in [-0.25, -0.2) is 5.43 Å². The molecule has 2 rings (SSSR count). The highest BCUT2D eigenvalue weighted by atomic mass is 35.5. The Hall–Kier alpha value is -3.10. The molecule has 0 saturated heterocycles. The van der Waals surface area contributed by atoms with Crippen LogP contribution in [0.1, 0.15) is 18.9 Å². The molecule has 158 valence electrons. The molecule has 0 fully saturated rings. The number of carbonyl (C=O) groups is 3. The van der Waals surface area contributed by atoms with Crippen LogP contribution in [0.3, 0.4) is 0 Å². The molecule has 0 atom stereocenters. The molecule has 0 bridgehead atoms. The maximum Gasteiger partial charge on any atom is 0.329 e. The average Bonchev–Trinajstić information content (AvgIpc) is 2.73. The van der Waals surface area contributed by atoms with Crippen molar-refractivity contribution in [3.8, 4) is 5.75 Å². The molecule has 2 aromatic rings. The summed E-state index contributed by atoms with van der Waals surface area (Å²) < 4.78 is 5.42. The van der Waals surface area contributed by atoms with Crippen molar-refractivity contribution in [1.82, 2.24) is 10.7 Å². The highest BCUT2D eigenvalue weighted by Crippen LogP contribution is 2.25. The van der Waals surface area contributed by atoms with Gasteiger partial charge in [0, 0.05) is 6.54 Å². The van der Waals surface area contributed by atoms with Crippen LogP contribution in [0.2, 0.25) is 10.0 Å². The summed E-state index contributed by atoms with van der Waals surface area (Å²) in [6.07, 6.45) is 2.04. The second-order valence-electron chi connectivity index (χ2n) is 5.96. The molecule has 0 heterocycles. The number of hydrogen-bond acceptors (Lipinski definition) is 5. The van der Waals surface area contributed by atoms with Crippen molar-refractivity contribution < 1.29 is 19.1 Å². The van der Waals surface area contributed by atoms with Crippen molar-refractivity contribution in [2.75, 3.05) is 18.5 Å². The number of nitrogens with one attached hydrogen (secondary N) is 3. The fraction of sp³-hybridized carbons (Fsp3) is 0.200. The van der Waals surface area contributed by atoms with Crippen molar-refractivity contribution in [3.63, 3.8) is 0 Å². The molecular formula is C20H20Cl2N4O4. The smallest absolute Gasteiger partial charge is 0.329 e. The molecule has 0 unspecified atom stereocenters. The van der Waals surface area contributed by atoms with E-state index in [4.69, 9.17) is 27.9 Å². The number of benzene rings is 2. The number of nitrogens with zero attached hydrogens (tertiary/aromatic N) is 1. The lowest BCUT2D eigenvalue weighted by Gasteiger charge is -2.10. The van der Waals surface area contributed by atoms with E-state index in [9.17, 15) is 14.4 Å². The normalized spacial score (nSPS) is 10.5. The summed E-state index contributed by atoms with van der Waals surface area (Å²) >= 11 is 12.1. The molecular weight excluding hydrogens is 431 g/mol. The maximum absolute atomic E-state index is 12.0. The Labute approximate surface area is 183 Å². The standard InChI is InChI=1S/C20H20Cl2N4O4/c1-2-9-23-19(28)20(29)26-24-11-13-7-8-17(15(22)10-13)30-12-18(27)25-16-6-4-3-5-14(16)21/h3-8,10-11H,2,9,12H2,1H3,(H,23,28)(H,25,27)(H,26,29)/b24-11-. The second-order valence-corrected chi connectivity index (χ2v) is 6.78. The lowest BCUT2D eigenvalue weighted by Crippen LogP contribution is -2.38. The van der Waals surface area contributed by atoms with E-state index in [-0.39, 0.29) is 11.6 Å². The Balaban J connectivity index is 1.86. The number of hydrazone groups is 1. The van der Waals surface area contributed by atoms with Crippen LogP contribution >= 0.6 is 23.2 Å². The third kappa shape index (κ3) is 7.38. The van der Waals surface area contributed by atoms with E-state index in [2.05, 4.69) is 21.2 Å². The minimum absolute atomic E-state index is 0.247. The summed E-state index contributed by atoms with van der Waals surface area (Å²) in [6, 6.07) is 11.6. The minimum atomic E-state index is -0.865. The summed E-state index contributed by atoms with van der Waals surface area (Å²) in [5, 5.41) is 9.45. The molecule has 0 aliphatic rings. The number of anilines is 1. The second kappa shape index (κ2) is 11.8. The predicted octanol–water partition coefficient (Wildman–Crippen LogP) is 2.99. The van der Waals surface area contributed by atoms with Gasteiger partial charge in [-0.3, -0.25) is 14.4 Å². The molecule has 30 heavy (non-hydrogen) atoms. The summed E-state index contributed by atoms with van der Waals surface area (Å²) in [6.45, 7) is 2.02. The zero-order valence-corrected chi connectivity index (χ0v) is 17.6. The molecule has 2 aromatic carbocycles. The zero-order chi connectivity index (χ0) is 21.9. The first-order chi connectivity index (χ1) is 14.4. The summed E-state index contributed by atoms with van der Waals surface area (Å²) in [4.78, 5) is 35.0. The van der Waals surface area contributed by atoms with E-state index in [1.165, 1.54) is 12.3 Å². The lowest BCUT2D eigenvalue weighted by molar-refractivity contribution is -0.139. The number of halogens is 2. The van der Waals surface area contributed by atoms with Crippen LogP contribution in [0.25, 0.3) is 0 Å². The van der Waals surface area contributed by atoms with Gasteiger partial charge in [-0.2, -0.15) is 5.10 Å². The molecule has 8 nitrogen and oxygen atoms in total. The number of ether oxygens (including phenoxy) is 1. The fourth-order valence-corrected chi connectivity index (χ4v) is 2.57. The lowest BCUT2D eigenvalue weighted by atomic mass is 10.2. The Morgan fingerprint density at radius 3 is 2.53 bits per heavy atom. The zero-order valence-electron chi connectivity index (χ0n) is 16.1. The summed E-state index contributed by atoms with van der Waals surface area (Å²) in [5.41, 5.74) is 3.16. The van der Waals surface area contributed by atoms with Crippen molar-refractivity contribution in [2.45, 2.75) is 13.3 Å². The van der Waals surface area contributed by atoms with Crippen molar-refractivity contribution >= 4 is 52.8 Å². The Kier molecular flexibility index (Phi) is 9.11. The third-order valence-electron chi connectivity index (χ3n) is 3.58. The summed E-state index contributed by atoms with van der Waals surface area (Å²) in [5.74, 6) is -1.72. The van der Waals surface area contributed by atoms with Gasteiger partial charge in [0.2, 0.25) is 0 Å². The number of hydrogen-bond donors (Lipinski definition) is 3. The average molecular weight is 451 g/mol. The number of rotatable bonds is 8. The largest absolute Gasteiger partial charge is 0.482 e. The quantitative estimate of drug-likeness (QED) is 0.326. The van der Waals surface area contributed by atoms with Gasteiger partial charge in [-0.05, 0) is 42.3 Å². The molecule has 10 heteroatoms. The van der Waals surface area contributed by atoms with Crippen molar-refractivity contribution in [1.29, 1.82) is 0 Å². The van der Waals surface area contributed by atoms with Gasteiger partial charge >= 0.3 is 11.8 Å². The first-order valence-electron chi connectivity index (χ1n) is 8.98. The van der Waals surface area contributed by atoms with E-state index in [0.717, 1.165) is 6.42 Å². The molecule has 0 aliphatic carbocycles. The number of amides is 3. The molecule has 3 N–H and O–H groups in total. The van der Waals surface area contributed by atoms with Crippen molar-refractivity contribution in [3.05, 3.63) is 58.1 Å². The van der Waals surface area contributed by atoms with Gasteiger partial charge in [0.1, 0.15) is 5.75 Å². The first kappa shape index (κ1) is 23.2. The molecule has 0 saturated carbocycles. The Bertz CT molecular complexity index is 950. The van der Waals surface area contributed by atoms with Gasteiger partial charge in [-0.1, -0.05) is 42.3 Å². The molecule has 3 amide bonds. The van der Waals surface area contributed by atoms with Gasteiger partial charge < -0.3 is 15.4 Å². The topological polar surface area (TPSA) is 109 Å². The van der Waals surface area contributed by atoms with E-state index in [1.54, 1.807) is 36.4 Å². The van der Waals surface area contributed by atoms with Gasteiger partial charge in [0.25, 0.3) is 5.91 Å². The molecule has 0 aliphatic heterocycles. The monoisotopic (exact) mass is 450 g/mol. The molecule has 0 radical (unpaired) electrons. The summed E-state index contributed by atoms with van der Waals surface area (Å²) in [7, 11) is 0. The van der Waals surface area contributed by atoms with Crippen LogP contribution in [0.5, 0.6) is 5.75 Å². The third-order valence-corrected chi connectivity index (χ3v) is 4.21. The van der Waals surface area contributed by atoms with Gasteiger partial charge in [0.15, 0.2) is 6.61 Å².